The number of anilines is 1. The van der Waals surface area contributed by atoms with Gasteiger partial charge in [0.25, 0.3) is 5.56 Å². The van der Waals surface area contributed by atoms with E-state index in [1.807, 2.05) is 0 Å². The quantitative estimate of drug-likeness (QED) is 0.614. The highest BCUT2D eigenvalue weighted by atomic mass is 35.5. The molecule has 31 heavy (non-hydrogen) atoms. The van der Waals surface area contributed by atoms with Crippen molar-refractivity contribution in [2.45, 2.75) is 24.2 Å². The predicted octanol–water partition coefficient (Wildman–Crippen LogP) is 2.25. The zero-order valence-corrected chi connectivity index (χ0v) is 18.4. The van der Waals surface area contributed by atoms with Gasteiger partial charge in [-0.25, -0.2) is 13.1 Å². The maximum atomic E-state index is 12.8. The van der Waals surface area contributed by atoms with Gasteiger partial charge < -0.3 is 5.32 Å². The standard InChI is InChI=1S/C22H23ClN4O3S/c1-16-21(22(28)27(25-16)19-9-5-17(23)6-10-19)15-24-18-7-11-20(12-8-18)31(29,30)26-13-3-2-4-14-26/h5-12,15,24-25H,1-4,13-14H2. The molecule has 0 bridgehead atoms. The average molecular weight is 459 g/mol. The summed E-state index contributed by atoms with van der Waals surface area (Å²) in [4.78, 5) is 13.0. The molecule has 2 heterocycles. The third-order valence-electron chi connectivity index (χ3n) is 5.28. The lowest BCUT2D eigenvalue weighted by Gasteiger charge is -2.25. The summed E-state index contributed by atoms with van der Waals surface area (Å²) in [6.45, 7) is 5.03. The Morgan fingerprint density at radius 3 is 2.29 bits per heavy atom. The number of aromatic amines is 1. The monoisotopic (exact) mass is 458 g/mol. The van der Waals surface area contributed by atoms with Gasteiger partial charge in [-0.05, 0) is 61.4 Å². The summed E-state index contributed by atoms with van der Waals surface area (Å²) in [7, 11) is -3.47. The van der Waals surface area contributed by atoms with E-state index in [2.05, 4.69) is 17.0 Å². The largest absolute Gasteiger partial charge is 0.361 e. The molecular weight excluding hydrogens is 436 g/mol. The van der Waals surface area contributed by atoms with Crippen LogP contribution in [0.5, 0.6) is 0 Å². The summed E-state index contributed by atoms with van der Waals surface area (Å²) in [5.41, 5.74) is 1.05. The van der Waals surface area contributed by atoms with Crippen LogP contribution in [0.25, 0.3) is 18.5 Å². The molecule has 162 valence electrons. The Labute approximate surface area is 185 Å². The van der Waals surface area contributed by atoms with Crippen molar-refractivity contribution in [2.24, 2.45) is 0 Å². The van der Waals surface area contributed by atoms with Gasteiger partial charge in [-0.1, -0.05) is 24.6 Å². The van der Waals surface area contributed by atoms with Crippen molar-refractivity contribution in [1.29, 1.82) is 0 Å². The van der Waals surface area contributed by atoms with Gasteiger partial charge in [0.1, 0.15) is 0 Å². The first-order chi connectivity index (χ1) is 14.9. The number of benzene rings is 2. The lowest BCUT2D eigenvalue weighted by molar-refractivity contribution is 0.346. The van der Waals surface area contributed by atoms with Crippen LogP contribution in [-0.2, 0) is 10.0 Å². The molecule has 0 spiro atoms. The Hall–Kier alpha value is -2.81. The highest BCUT2D eigenvalue weighted by Gasteiger charge is 2.25. The smallest absolute Gasteiger partial charge is 0.280 e. The number of rotatable bonds is 5. The Bertz CT molecular complexity index is 1340. The van der Waals surface area contributed by atoms with Crippen LogP contribution in [0.1, 0.15) is 19.3 Å². The first-order valence-corrected chi connectivity index (χ1v) is 11.8. The average Bonchev–Trinajstić information content (AvgIpc) is 3.07. The summed E-state index contributed by atoms with van der Waals surface area (Å²) in [5.74, 6) is 0. The second kappa shape index (κ2) is 8.74. The topological polar surface area (TPSA) is 87.2 Å². The van der Waals surface area contributed by atoms with Gasteiger partial charge in [0.2, 0.25) is 10.0 Å². The van der Waals surface area contributed by atoms with E-state index in [4.69, 9.17) is 11.6 Å². The maximum Gasteiger partial charge on any atom is 0.280 e. The minimum atomic E-state index is -3.47. The zero-order chi connectivity index (χ0) is 22.0. The number of hydrogen-bond acceptors (Lipinski definition) is 4. The van der Waals surface area contributed by atoms with Crippen molar-refractivity contribution in [3.63, 3.8) is 0 Å². The van der Waals surface area contributed by atoms with Gasteiger partial charge in [0.05, 0.1) is 21.2 Å². The molecule has 1 saturated heterocycles. The minimum Gasteiger partial charge on any atom is -0.361 e. The summed E-state index contributed by atoms with van der Waals surface area (Å²) in [6.07, 6.45) is 4.41. The first kappa shape index (κ1) is 21.4. The van der Waals surface area contributed by atoms with Crippen LogP contribution in [-0.4, -0.2) is 35.6 Å². The van der Waals surface area contributed by atoms with E-state index in [0.29, 0.717) is 40.1 Å². The zero-order valence-electron chi connectivity index (χ0n) is 16.8. The van der Waals surface area contributed by atoms with Crippen molar-refractivity contribution in [1.82, 2.24) is 14.1 Å². The van der Waals surface area contributed by atoms with E-state index in [0.717, 1.165) is 19.3 Å². The minimum absolute atomic E-state index is 0.260. The van der Waals surface area contributed by atoms with E-state index in [1.54, 1.807) is 59.0 Å². The molecule has 2 N–H and O–H groups in total. The molecule has 2 aromatic carbocycles. The molecule has 1 fully saturated rings. The summed E-state index contributed by atoms with van der Waals surface area (Å²) in [6, 6.07) is 13.4. The molecule has 0 radical (unpaired) electrons. The number of halogens is 1. The number of H-pyrrole nitrogens is 1. The van der Waals surface area contributed by atoms with Gasteiger partial charge in [-0.15, -0.1) is 0 Å². The molecular formula is C22H23ClN4O3S. The molecule has 0 unspecified atom stereocenters. The van der Waals surface area contributed by atoms with E-state index in [1.165, 1.54) is 4.68 Å². The Kier molecular flexibility index (Phi) is 6.04. The van der Waals surface area contributed by atoms with Gasteiger partial charge in [-0.3, -0.25) is 9.89 Å². The fourth-order valence-electron chi connectivity index (χ4n) is 3.55. The molecule has 1 aliphatic heterocycles. The molecule has 7 nitrogen and oxygen atoms in total. The second-order valence-corrected chi connectivity index (χ2v) is 9.77. The molecule has 9 heteroatoms. The van der Waals surface area contributed by atoms with Crippen molar-refractivity contribution in [2.75, 3.05) is 18.4 Å². The third-order valence-corrected chi connectivity index (χ3v) is 7.45. The van der Waals surface area contributed by atoms with E-state index in [9.17, 15) is 13.2 Å². The van der Waals surface area contributed by atoms with Crippen molar-refractivity contribution >= 4 is 40.1 Å². The third kappa shape index (κ3) is 4.46. The van der Waals surface area contributed by atoms with E-state index in [-0.39, 0.29) is 10.5 Å². The number of hydrogen-bond donors (Lipinski definition) is 2. The molecule has 0 aliphatic carbocycles. The summed E-state index contributed by atoms with van der Waals surface area (Å²) in [5, 5.41) is 7.40. The van der Waals surface area contributed by atoms with Crippen LogP contribution in [0.4, 0.5) is 5.69 Å². The van der Waals surface area contributed by atoms with Crippen LogP contribution in [0.15, 0.2) is 58.2 Å². The normalized spacial score (nSPS) is 15.8. The van der Waals surface area contributed by atoms with Crippen LogP contribution in [0.2, 0.25) is 5.02 Å². The molecule has 1 aliphatic rings. The van der Waals surface area contributed by atoms with Crippen molar-refractivity contribution in [3.05, 3.63) is 74.5 Å². The summed E-state index contributed by atoms with van der Waals surface area (Å²) < 4.78 is 28.4. The van der Waals surface area contributed by atoms with E-state index >= 15 is 0 Å². The molecule has 1 aromatic heterocycles. The lowest BCUT2D eigenvalue weighted by atomic mass is 10.2. The molecule has 3 aromatic rings. The SMILES string of the molecule is C=c1[nH]n(-c2ccc(Cl)cc2)c(=O)c1=CNc1ccc(S(=O)(=O)N2CCCCC2)cc1. The van der Waals surface area contributed by atoms with Crippen molar-refractivity contribution < 1.29 is 8.42 Å². The second-order valence-electron chi connectivity index (χ2n) is 7.40. The van der Waals surface area contributed by atoms with Crippen LogP contribution >= 0.6 is 11.6 Å². The van der Waals surface area contributed by atoms with Gasteiger partial charge in [0.15, 0.2) is 0 Å². The molecule has 0 amide bonds. The molecule has 0 atom stereocenters. The van der Waals surface area contributed by atoms with Crippen LogP contribution < -0.4 is 21.4 Å². The van der Waals surface area contributed by atoms with E-state index < -0.39 is 10.0 Å². The van der Waals surface area contributed by atoms with Crippen LogP contribution in [0, 0.1) is 0 Å². The Morgan fingerprint density at radius 2 is 1.65 bits per heavy atom. The number of nitrogens with zero attached hydrogens (tertiary/aromatic N) is 2. The van der Waals surface area contributed by atoms with Gasteiger partial charge >= 0.3 is 0 Å². The van der Waals surface area contributed by atoms with Gasteiger partial charge in [0, 0.05) is 30.0 Å². The van der Waals surface area contributed by atoms with Gasteiger partial charge in [-0.2, -0.15) is 4.31 Å². The number of sulfonamides is 1. The lowest BCUT2D eigenvalue weighted by Crippen LogP contribution is -2.35. The number of piperidine rings is 1. The maximum absolute atomic E-state index is 12.8. The molecule has 4 rings (SSSR count). The van der Waals surface area contributed by atoms with Crippen molar-refractivity contribution in [3.8, 4) is 5.69 Å². The number of nitrogens with one attached hydrogen (secondary N) is 2. The highest BCUT2D eigenvalue weighted by molar-refractivity contribution is 7.89. The Balaban J connectivity index is 1.56. The predicted molar refractivity (Wildman–Crippen MR) is 123 cm³/mol. The summed E-state index contributed by atoms with van der Waals surface area (Å²) >= 11 is 5.91. The van der Waals surface area contributed by atoms with Crippen LogP contribution in [0.3, 0.4) is 0 Å². The Morgan fingerprint density at radius 1 is 1.00 bits per heavy atom. The highest BCUT2D eigenvalue weighted by Crippen LogP contribution is 2.22. The first-order valence-electron chi connectivity index (χ1n) is 9.99. The fourth-order valence-corrected chi connectivity index (χ4v) is 5.19. The molecule has 0 saturated carbocycles. The number of aromatic nitrogens is 2. The fraction of sp³-hybridized carbons (Fsp3) is 0.227.